The number of nitrogens with one attached hydrogen (secondary N) is 3. The Morgan fingerprint density at radius 2 is 1.86 bits per heavy atom. The van der Waals surface area contributed by atoms with Crippen LogP contribution in [0.25, 0.3) is 0 Å². The van der Waals surface area contributed by atoms with E-state index >= 15 is 0 Å². The Bertz CT molecular complexity index is 934. The second-order valence-electron chi connectivity index (χ2n) is 6.62. The first kappa shape index (κ1) is 19.4. The number of carbonyl (C=O) groups is 1. The molecule has 7 heteroatoms. The lowest BCUT2D eigenvalue weighted by Gasteiger charge is -2.09. The number of aromatic amines is 1. The second-order valence-corrected chi connectivity index (χ2v) is 6.62. The van der Waals surface area contributed by atoms with E-state index in [-0.39, 0.29) is 11.6 Å². The Kier molecular flexibility index (Phi) is 6.26. The van der Waals surface area contributed by atoms with Gasteiger partial charge in [0.2, 0.25) is 0 Å². The van der Waals surface area contributed by atoms with Gasteiger partial charge in [0, 0.05) is 12.2 Å². The predicted octanol–water partition coefficient (Wildman–Crippen LogP) is 3.88. The minimum atomic E-state index is -0.300. The fourth-order valence-electron chi connectivity index (χ4n) is 2.62. The maximum Gasteiger partial charge on any atom is 0.275 e. The minimum absolute atomic E-state index is 0.223. The van der Waals surface area contributed by atoms with Crippen LogP contribution in [0.4, 0.5) is 11.5 Å². The van der Waals surface area contributed by atoms with E-state index in [2.05, 4.69) is 39.9 Å². The standard InChI is InChI=1S/C21H25N5O2/c1-4-11-28-18-9-6-16(7-10-18)13-22-21(27)19-20(25-26-24-19)23-17-8-5-14(2)15(3)12-17/h5-10,12H,4,11,13H2,1-3H3,(H,22,27)(H2,23,24,25,26). The van der Waals surface area contributed by atoms with Crippen LogP contribution in [0.15, 0.2) is 42.5 Å². The number of nitrogens with zero attached hydrogens (tertiary/aromatic N) is 2. The molecule has 0 unspecified atom stereocenters. The van der Waals surface area contributed by atoms with E-state index in [1.54, 1.807) is 0 Å². The molecule has 3 rings (SSSR count). The molecular formula is C21H25N5O2. The summed E-state index contributed by atoms with van der Waals surface area (Å²) in [5, 5.41) is 16.6. The van der Waals surface area contributed by atoms with Crippen LogP contribution in [0.3, 0.4) is 0 Å². The van der Waals surface area contributed by atoms with Crippen LogP contribution in [0.2, 0.25) is 0 Å². The van der Waals surface area contributed by atoms with Crippen LogP contribution in [0.5, 0.6) is 5.75 Å². The number of aromatic nitrogens is 3. The molecule has 0 aliphatic rings. The highest BCUT2D eigenvalue weighted by molar-refractivity contribution is 5.97. The summed E-state index contributed by atoms with van der Waals surface area (Å²) in [6.45, 7) is 7.24. The van der Waals surface area contributed by atoms with Crippen LogP contribution < -0.4 is 15.4 Å². The number of benzene rings is 2. The molecule has 0 atom stereocenters. The molecule has 0 radical (unpaired) electrons. The zero-order chi connectivity index (χ0) is 19.9. The molecule has 1 aromatic heterocycles. The number of amides is 1. The smallest absolute Gasteiger partial charge is 0.275 e. The summed E-state index contributed by atoms with van der Waals surface area (Å²) in [6.07, 6.45) is 0.966. The molecule has 3 N–H and O–H groups in total. The largest absolute Gasteiger partial charge is 0.494 e. The Morgan fingerprint density at radius 1 is 1.07 bits per heavy atom. The summed E-state index contributed by atoms with van der Waals surface area (Å²) >= 11 is 0. The van der Waals surface area contributed by atoms with Gasteiger partial charge < -0.3 is 15.4 Å². The number of hydrogen-bond donors (Lipinski definition) is 3. The van der Waals surface area contributed by atoms with Crippen molar-refractivity contribution >= 4 is 17.4 Å². The molecule has 0 fully saturated rings. The predicted molar refractivity (Wildman–Crippen MR) is 109 cm³/mol. The minimum Gasteiger partial charge on any atom is -0.494 e. The van der Waals surface area contributed by atoms with E-state index in [1.807, 2.05) is 49.4 Å². The molecule has 3 aromatic rings. The molecule has 0 spiro atoms. The normalized spacial score (nSPS) is 10.5. The van der Waals surface area contributed by atoms with Gasteiger partial charge in [0.1, 0.15) is 5.75 Å². The fraction of sp³-hybridized carbons (Fsp3) is 0.286. The molecule has 0 bridgehead atoms. The Balaban J connectivity index is 1.60. The van der Waals surface area contributed by atoms with Gasteiger partial charge in [-0.15, -0.1) is 10.2 Å². The third-order valence-corrected chi connectivity index (χ3v) is 4.38. The number of ether oxygens (including phenoxy) is 1. The van der Waals surface area contributed by atoms with Gasteiger partial charge in [-0.05, 0) is 61.2 Å². The zero-order valence-electron chi connectivity index (χ0n) is 16.4. The number of rotatable bonds is 8. The van der Waals surface area contributed by atoms with E-state index in [1.165, 1.54) is 5.56 Å². The molecular weight excluding hydrogens is 354 g/mol. The van der Waals surface area contributed by atoms with Gasteiger partial charge in [-0.1, -0.05) is 25.1 Å². The zero-order valence-corrected chi connectivity index (χ0v) is 16.4. The molecule has 7 nitrogen and oxygen atoms in total. The van der Waals surface area contributed by atoms with Crippen LogP contribution in [-0.2, 0) is 6.54 Å². The van der Waals surface area contributed by atoms with Crippen molar-refractivity contribution in [1.82, 2.24) is 20.7 Å². The lowest BCUT2D eigenvalue weighted by Crippen LogP contribution is -2.24. The molecule has 0 saturated carbocycles. The van der Waals surface area contributed by atoms with Crippen molar-refractivity contribution in [1.29, 1.82) is 0 Å². The first-order chi connectivity index (χ1) is 13.6. The van der Waals surface area contributed by atoms with E-state index in [0.29, 0.717) is 19.0 Å². The van der Waals surface area contributed by atoms with Gasteiger partial charge in [0.05, 0.1) is 6.61 Å². The van der Waals surface area contributed by atoms with Crippen molar-refractivity contribution in [3.8, 4) is 5.75 Å². The molecule has 2 aromatic carbocycles. The number of anilines is 2. The quantitative estimate of drug-likeness (QED) is 0.552. The third kappa shape index (κ3) is 4.88. The van der Waals surface area contributed by atoms with E-state index < -0.39 is 0 Å². The summed E-state index contributed by atoms with van der Waals surface area (Å²) in [4.78, 5) is 12.5. The van der Waals surface area contributed by atoms with Crippen LogP contribution in [0.1, 0.15) is 40.5 Å². The molecule has 0 aliphatic heterocycles. The highest BCUT2D eigenvalue weighted by Gasteiger charge is 2.16. The lowest BCUT2D eigenvalue weighted by atomic mass is 10.1. The van der Waals surface area contributed by atoms with Gasteiger partial charge in [-0.2, -0.15) is 5.21 Å². The Morgan fingerprint density at radius 3 is 2.57 bits per heavy atom. The van der Waals surface area contributed by atoms with Crippen LogP contribution in [0, 0.1) is 13.8 Å². The SMILES string of the molecule is CCCOc1ccc(CNC(=O)c2n[nH]nc2Nc2ccc(C)c(C)c2)cc1. The molecule has 1 amide bonds. The maximum atomic E-state index is 12.5. The highest BCUT2D eigenvalue weighted by Crippen LogP contribution is 2.20. The van der Waals surface area contributed by atoms with Crippen molar-refractivity contribution in [2.24, 2.45) is 0 Å². The number of H-pyrrole nitrogens is 1. The maximum absolute atomic E-state index is 12.5. The average molecular weight is 379 g/mol. The van der Waals surface area contributed by atoms with E-state index in [0.717, 1.165) is 29.0 Å². The van der Waals surface area contributed by atoms with Crippen molar-refractivity contribution in [2.75, 3.05) is 11.9 Å². The fourth-order valence-corrected chi connectivity index (χ4v) is 2.62. The topological polar surface area (TPSA) is 91.9 Å². The summed E-state index contributed by atoms with van der Waals surface area (Å²) in [7, 11) is 0. The number of aryl methyl sites for hydroxylation is 2. The monoisotopic (exact) mass is 379 g/mol. The lowest BCUT2D eigenvalue weighted by molar-refractivity contribution is 0.0946. The molecule has 28 heavy (non-hydrogen) atoms. The first-order valence-electron chi connectivity index (χ1n) is 9.31. The van der Waals surface area contributed by atoms with Gasteiger partial charge in [-0.3, -0.25) is 4.79 Å². The first-order valence-corrected chi connectivity index (χ1v) is 9.31. The van der Waals surface area contributed by atoms with Crippen molar-refractivity contribution in [3.63, 3.8) is 0 Å². The molecule has 146 valence electrons. The van der Waals surface area contributed by atoms with Gasteiger partial charge >= 0.3 is 0 Å². The summed E-state index contributed by atoms with van der Waals surface area (Å²) in [6, 6.07) is 13.6. The summed E-state index contributed by atoms with van der Waals surface area (Å²) in [5.41, 5.74) is 4.42. The molecule has 1 heterocycles. The van der Waals surface area contributed by atoms with Crippen LogP contribution in [-0.4, -0.2) is 27.9 Å². The average Bonchev–Trinajstić information content (AvgIpc) is 3.16. The van der Waals surface area contributed by atoms with Crippen molar-refractivity contribution < 1.29 is 9.53 Å². The summed E-state index contributed by atoms with van der Waals surface area (Å²) in [5.74, 6) is 0.920. The number of hydrogen-bond acceptors (Lipinski definition) is 5. The van der Waals surface area contributed by atoms with Gasteiger partial charge in [0.25, 0.3) is 5.91 Å². The van der Waals surface area contributed by atoms with Gasteiger partial charge in [-0.25, -0.2) is 0 Å². The van der Waals surface area contributed by atoms with Crippen molar-refractivity contribution in [3.05, 3.63) is 64.8 Å². The molecule has 0 aliphatic carbocycles. The van der Waals surface area contributed by atoms with Gasteiger partial charge in [0.15, 0.2) is 11.5 Å². The summed E-state index contributed by atoms with van der Waals surface area (Å²) < 4.78 is 5.56. The highest BCUT2D eigenvalue weighted by atomic mass is 16.5. The van der Waals surface area contributed by atoms with E-state index in [9.17, 15) is 4.79 Å². The Hall–Kier alpha value is -3.35. The van der Waals surface area contributed by atoms with Crippen LogP contribution >= 0.6 is 0 Å². The third-order valence-electron chi connectivity index (χ3n) is 4.38. The Labute approximate surface area is 164 Å². The van der Waals surface area contributed by atoms with E-state index in [4.69, 9.17) is 4.74 Å². The number of carbonyl (C=O) groups excluding carboxylic acids is 1. The molecule has 0 saturated heterocycles. The van der Waals surface area contributed by atoms with Crippen molar-refractivity contribution in [2.45, 2.75) is 33.7 Å². The second kappa shape index (κ2) is 9.03.